The Labute approximate surface area is 110 Å². The number of para-hydroxylation sites is 1. The van der Waals surface area contributed by atoms with Crippen molar-refractivity contribution in [2.45, 2.75) is 26.9 Å². The van der Waals surface area contributed by atoms with E-state index in [1.807, 2.05) is 0 Å². The van der Waals surface area contributed by atoms with Crippen molar-refractivity contribution in [2.75, 3.05) is 5.32 Å². The van der Waals surface area contributed by atoms with Crippen LogP contribution in [0, 0.1) is 5.41 Å². The monoisotopic (exact) mass is 271 g/mol. The maximum absolute atomic E-state index is 12.7. The first-order valence-corrected chi connectivity index (χ1v) is 5.70. The van der Waals surface area contributed by atoms with Gasteiger partial charge in [0.1, 0.15) is 0 Å². The van der Waals surface area contributed by atoms with Gasteiger partial charge < -0.3 is 5.32 Å². The van der Waals surface area contributed by atoms with E-state index in [1.54, 1.807) is 26.8 Å². The lowest BCUT2D eigenvalue weighted by Gasteiger charge is -2.20. The lowest BCUT2D eigenvalue weighted by Crippen LogP contribution is -2.28. The van der Waals surface area contributed by atoms with E-state index in [0.29, 0.717) is 0 Å². The van der Waals surface area contributed by atoms with Crippen LogP contribution in [-0.4, -0.2) is 12.1 Å². The van der Waals surface area contributed by atoms with Crippen molar-refractivity contribution in [1.29, 1.82) is 0 Å². The highest BCUT2D eigenvalue weighted by atomic mass is 19.4. The quantitative estimate of drug-likeness (QED) is 0.856. The fourth-order valence-corrected chi connectivity index (χ4v) is 1.32. The van der Waals surface area contributed by atoms with Crippen molar-refractivity contribution in [2.24, 2.45) is 5.41 Å². The lowest BCUT2D eigenvalue weighted by atomic mass is 9.95. The van der Waals surface area contributed by atoms with Crippen molar-refractivity contribution in [3.8, 4) is 0 Å². The van der Waals surface area contributed by atoms with E-state index in [0.717, 1.165) is 0 Å². The van der Waals surface area contributed by atoms with Crippen LogP contribution < -0.4 is 5.32 Å². The number of rotatable bonds is 2. The topological polar surface area (TPSA) is 29.1 Å². The summed E-state index contributed by atoms with van der Waals surface area (Å²) in [7, 11) is 0. The summed E-state index contributed by atoms with van der Waals surface area (Å²) in [5.74, 6) is -0.352. The molecule has 1 aromatic rings. The van der Waals surface area contributed by atoms with Gasteiger partial charge in [-0.15, -0.1) is 0 Å². The number of halogens is 3. The molecule has 0 saturated carbocycles. The maximum Gasteiger partial charge on any atom is 0.416 e. The van der Waals surface area contributed by atoms with Gasteiger partial charge in [-0.3, -0.25) is 4.79 Å². The highest BCUT2D eigenvalue weighted by Crippen LogP contribution is 2.36. The molecule has 1 N–H and O–H groups in total. The summed E-state index contributed by atoms with van der Waals surface area (Å²) in [4.78, 5) is 11.8. The molecule has 19 heavy (non-hydrogen) atoms. The molecule has 0 spiro atoms. The average Bonchev–Trinajstić information content (AvgIpc) is 2.26. The number of benzene rings is 1. The number of nitrogens with one attached hydrogen (secondary N) is 1. The van der Waals surface area contributed by atoms with Crippen molar-refractivity contribution >= 4 is 17.2 Å². The number of amides is 1. The molecule has 1 rings (SSSR count). The maximum atomic E-state index is 12.7. The van der Waals surface area contributed by atoms with Gasteiger partial charge in [-0.25, -0.2) is 0 Å². The molecule has 0 fully saturated rings. The molecule has 0 aliphatic heterocycles. The van der Waals surface area contributed by atoms with Crippen LogP contribution >= 0.6 is 0 Å². The third kappa shape index (κ3) is 3.84. The van der Waals surface area contributed by atoms with Gasteiger partial charge in [-0.1, -0.05) is 45.5 Å². The van der Waals surface area contributed by atoms with Crippen LogP contribution in [0.1, 0.15) is 26.3 Å². The van der Waals surface area contributed by atoms with Gasteiger partial charge in [-0.2, -0.15) is 13.2 Å². The van der Waals surface area contributed by atoms with Crippen LogP contribution in [0.5, 0.6) is 0 Å². The minimum absolute atomic E-state index is 0.116. The molecule has 0 heterocycles. The zero-order chi connectivity index (χ0) is 14.8. The van der Waals surface area contributed by atoms with Gasteiger partial charge in [-0.05, 0) is 6.07 Å². The number of carbonyl (C=O) groups excluding carboxylic acids is 1. The summed E-state index contributed by atoms with van der Waals surface area (Å²) in [6, 6.07) is 5.74. The van der Waals surface area contributed by atoms with E-state index in [4.69, 9.17) is 0 Å². The minimum Gasteiger partial charge on any atom is -0.325 e. The van der Waals surface area contributed by atoms with E-state index in [1.165, 1.54) is 18.2 Å². The third-order valence-electron chi connectivity index (χ3n) is 2.52. The lowest BCUT2D eigenvalue weighted by molar-refractivity contribution is -0.123. The second-order valence-electron chi connectivity index (χ2n) is 5.23. The smallest absolute Gasteiger partial charge is 0.325 e. The van der Waals surface area contributed by atoms with Gasteiger partial charge in [0, 0.05) is 16.7 Å². The highest BCUT2D eigenvalue weighted by Gasteiger charge is 2.34. The standard InChI is InChI=1S/C14H16F3NO/c1-9(14(15,16)17)10-7-5-6-8-11(10)18-12(19)13(2,3)4/h5-8H,1H2,2-4H3,(H,18,19). The molecule has 0 aliphatic carbocycles. The Balaban J connectivity index is 3.11. The Kier molecular flexibility index (Phi) is 4.08. The van der Waals surface area contributed by atoms with E-state index in [2.05, 4.69) is 11.9 Å². The molecule has 0 bridgehead atoms. The van der Waals surface area contributed by atoms with Crippen LogP contribution in [0.15, 0.2) is 30.8 Å². The molecule has 0 atom stereocenters. The predicted octanol–water partition coefficient (Wildman–Crippen LogP) is 4.25. The molecule has 2 nitrogen and oxygen atoms in total. The van der Waals surface area contributed by atoms with Crippen LogP contribution in [-0.2, 0) is 4.79 Å². The molecule has 0 aromatic heterocycles. The third-order valence-corrected chi connectivity index (χ3v) is 2.52. The molecular formula is C14H16F3NO. The fraction of sp³-hybridized carbons (Fsp3) is 0.357. The largest absolute Gasteiger partial charge is 0.416 e. The van der Waals surface area contributed by atoms with E-state index >= 15 is 0 Å². The highest BCUT2D eigenvalue weighted by molar-refractivity contribution is 5.97. The van der Waals surface area contributed by atoms with Crippen molar-refractivity contribution in [1.82, 2.24) is 0 Å². The Morgan fingerprint density at radius 2 is 1.68 bits per heavy atom. The SMILES string of the molecule is C=C(c1ccccc1NC(=O)C(C)(C)C)C(F)(F)F. The summed E-state index contributed by atoms with van der Waals surface area (Å²) in [5.41, 5.74) is -1.66. The number of allylic oxidation sites excluding steroid dienone is 1. The van der Waals surface area contributed by atoms with Crippen molar-refractivity contribution in [3.05, 3.63) is 36.4 Å². The van der Waals surface area contributed by atoms with Gasteiger partial charge in [0.25, 0.3) is 0 Å². The second-order valence-corrected chi connectivity index (χ2v) is 5.23. The number of alkyl halides is 3. The first kappa shape index (κ1) is 15.3. The van der Waals surface area contributed by atoms with Crippen LogP contribution in [0.25, 0.3) is 5.57 Å². The van der Waals surface area contributed by atoms with E-state index in [-0.39, 0.29) is 17.2 Å². The van der Waals surface area contributed by atoms with Crippen LogP contribution in [0.4, 0.5) is 18.9 Å². The fourth-order valence-electron chi connectivity index (χ4n) is 1.32. The predicted molar refractivity (Wildman–Crippen MR) is 69.6 cm³/mol. The van der Waals surface area contributed by atoms with Crippen LogP contribution in [0.2, 0.25) is 0 Å². The number of hydrogen-bond acceptors (Lipinski definition) is 1. The second kappa shape index (κ2) is 5.07. The normalized spacial score (nSPS) is 12.1. The molecule has 104 valence electrons. The summed E-state index contributed by atoms with van der Waals surface area (Å²) in [6.07, 6.45) is -4.53. The molecule has 0 saturated heterocycles. The Bertz CT molecular complexity index is 498. The number of anilines is 1. The molecule has 5 heteroatoms. The van der Waals surface area contributed by atoms with Gasteiger partial charge in [0.15, 0.2) is 0 Å². The number of hydrogen-bond donors (Lipinski definition) is 1. The van der Waals surface area contributed by atoms with Crippen molar-refractivity contribution in [3.63, 3.8) is 0 Å². The van der Waals surface area contributed by atoms with Crippen molar-refractivity contribution < 1.29 is 18.0 Å². The molecule has 1 amide bonds. The zero-order valence-electron chi connectivity index (χ0n) is 11.1. The first-order valence-electron chi connectivity index (χ1n) is 5.70. The molecular weight excluding hydrogens is 255 g/mol. The summed E-state index contributed by atoms with van der Waals surface area (Å²) >= 11 is 0. The Hall–Kier alpha value is -1.78. The van der Waals surface area contributed by atoms with Gasteiger partial charge in [0.2, 0.25) is 5.91 Å². The minimum atomic E-state index is -4.53. The van der Waals surface area contributed by atoms with E-state index in [9.17, 15) is 18.0 Å². The Morgan fingerprint density at radius 1 is 1.16 bits per heavy atom. The summed E-state index contributed by atoms with van der Waals surface area (Å²) in [5, 5.41) is 2.50. The molecule has 0 unspecified atom stereocenters. The first-order chi connectivity index (χ1) is 8.53. The van der Waals surface area contributed by atoms with Crippen LogP contribution in [0.3, 0.4) is 0 Å². The van der Waals surface area contributed by atoms with Gasteiger partial charge >= 0.3 is 6.18 Å². The summed E-state index contributed by atoms with van der Waals surface area (Å²) in [6.45, 7) is 8.10. The van der Waals surface area contributed by atoms with Gasteiger partial charge in [0.05, 0.1) is 5.57 Å². The van der Waals surface area contributed by atoms with E-state index < -0.39 is 17.2 Å². The molecule has 0 aliphatic rings. The zero-order valence-corrected chi connectivity index (χ0v) is 11.1. The average molecular weight is 271 g/mol. The summed E-state index contributed by atoms with van der Waals surface area (Å²) < 4.78 is 38.0. The molecule has 1 aromatic carbocycles. The Morgan fingerprint density at radius 3 is 2.16 bits per heavy atom. The molecule has 0 radical (unpaired) electrons. The number of carbonyl (C=O) groups is 1.